The Morgan fingerprint density at radius 2 is 1.83 bits per heavy atom. The summed E-state index contributed by atoms with van der Waals surface area (Å²) in [5.74, 6) is 0.621. The van der Waals surface area contributed by atoms with E-state index in [2.05, 4.69) is 33.7 Å². The molecule has 0 saturated carbocycles. The molecule has 5 aromatic rings. The number of para-hydroxylation sites is 1. The van der Waals surface area contributed by atoms with Crippen molar-refractivity contribution >= 4 is 40.5 Å². The number of carbonyl (C=O) groups is 3. The maximum Gasteiger partial charge on any atom is 0.259 e. The fourth-order valence-corrected chi connectivity index (χ4v) is 7.49. The number of fused-ring (bicyclic) bond motifs is 3. The Labute approximate surface area is 303 Å². The molecule has 1 fully saturated rings. The summed E-state index contributed by atoms with van der Waals surface area (Å²) in [4.78, 5) is 53.9. The Morgan fingerprint density at radius 3 is 2.58 bits per heavy atom. The zero-order chi connectivity index (χ0) is 36.6. The highest BCUT2D eigenvalue weighted by Crippen LogP contribution is 2.42. The summed E-state index contributed by atoms with van der Waals surface area (Å²) in [5.41, 5.74) is 12.5. The highest BCUT2D eigenvalue weighted by molar-refractivity contribution is 6.12. The van der Waals surface area contributed by atoms with Gasteiger partial charge in [0, 0.05) is 71.1 Å². The second-order valence-corrected chi connectivity index (χ2v) is 13.9. The van der Waals surface area contributed by atoms with Gasteiger partial charge in [-0.1, -0.05) is 31.6 Å². The molecule has 10 nitrogen and oxygen atoms in total. The number of aromatic nitrogens is 2. The van der Waals surface area contributed by atoms with E-state index in [0.29, 0.717) is 63.9 Å². The number of benzene rings is 2. The van der Waals surface area contributed by atoms with Crippen molar-refractivity contribution in [2.24, 2.45) is 5.41 Å². The van der Waals surface area contributed by atoms with Crippen molar-refractivity contribution in [1.82, 2.24) is 9.97 Å². The molecule has 264 valence electrons. The van der Waals surface area contributed by atoms with E-state index in [9.17, 15) is 14.4 Å². The molecule has 3 N–H and O–H groups in total. The Kier molecular flexibility index (Phi) is 9.23. The molecule has 2 aromatic carbocycles. The number of nitrogens with zero attached hydrogens (tertiary/aromatic N) is 4. The van der Waals surface area contributed by atoms with Crippen molar-refractivity contribution in [3.05, 3.63) is 131 Å². The highest BCUT2D eigenvalue weighted by Gasteiger charge is 2.42. The van der Waals surface area contributed by atoms with Crippen LogP contribution in [0.5, 0.6) is 0 Å². The van der Waals surface area contributed by atoms with Crippen LogP contribution in [0.3, 0.4) is 0 Å². The molecular weight excluding hydrogens is 652 g/mol. The number of furan rings is 1. The highest BCUT2D eigenvalue weighted by atomic mass is 16.3. The fraction of sp³-hybridized carbons (Fsp3) is 0.262. The number of nitrogens with two attached hydrogens (primary N) is 1. The molecule has 5 heterocycles. The molecule has 0 bridgehead atoms. The number of ketones is 1. The van der Waals surface area contributed by atoms with Gasteiger partial charge in [-0.25, -0.2) is 4.98 Å². The van der Waals surface area contributed by atoms with Gasteiger partial charge in [0.05, 0.1) is 17.4 Å². The molecule has 0 unspecified atom stereocenters. The second kappa shape index (κ2) is 13.9. The Bertz CT molecular complexity index is 2200. The lowest BCUT2D eigenvalue weighted by Gasteiger charge is -2.51. The summed E-state index contributed by atoms with van der Waals surface area (Å²) < 4.78 is 6.20. The number of hydrogen-bond acceptors (Lipinski definition) is 8. The molecule has 0 radical (unpaired) electrons. The van der Waals surface area contributed by atoms with E-state index in [-0.39, 0.29) is 28.8 Å². The molecule has 3 aromatic heterocycles. The van der Waals surface area contributed by atoms with Crippen LogP contribution >= 0.6 is 0 Å². The number of amides is 2. The van der Waals surface area contributed by atoms with E-state index in [4.69, 9.17) is 10.2 Å². The summed E-state index contributed by atoms with van der Waals surface area (Å²) >= 11 is 0. The smallest absolute Gasteiger partial charge is 0.259 e. The quantitative estimate of drug-likeness (QED) is 0.0859. The topological polar surface area (TPSA) is 135 Å². The summed E-state index contributed by atoms with van der Waals surface area (Å²) in [5, 5.41) is 3.01. The van der Waals surface area contributed by atoms with E-state index >= 15 is 0 Å². The summed E-state index contributed by atoms with van der Waals surface area (Å²) in [7, 11) is 0. The average Bonchev–Trinajstić information content (AvgIpc) is 3.49. The number of allylic oxidation sites excluding steroid dienone is 1. The number of carbonyl (C=O) groups excluding carboxylic acids is 3. The zero-order valence-corrected chi connectivity index (χ0v) is 29.7. The number of nitrogens with one attached hydrogen (secondary N) is 1. The molecule has 7 rings (SSSR count). The molecule has 1 saturated heterocycles. The lowest BCUT2D eigenvalue weighted by Crippen LogP contribution is -2.57. The molecule has 52 heavy (non-hydrogen) atoms. The Hall–Kier alpha value is -6.03. The van der Waals surface area contributed by atoms with Gasteiger partial charge in [0.2, 0.25) is 5.78 Å². The number of aryl methyl sites for hydroxylation is 2. The monoisotopic (exact) mass is 694 g/mol. The Balaban J connectivity index is 1.08. The van der Waals surface area contributed by atoms with Crippen LogP contribution in [0.4, 0.5) is 22.9 Å². The second-order valence-electron chi connectivity index (χ2n) is 13.9. The van der Waals surface area contributed by atoms with Gasteiger partial charge in [-0.2, -0.15) is 0 Å². The molecule has 0 aliphatic carbocycles. The first-order valence-electron chi connectivity index (χ1n) is 17.6. The zero-order valence-electron chi connectivity index (χ0n) is 29.7. The minimum Gasteiger partial charge on any atom is -0.452 e. The van der Waals surface area contributed by atoms with Crippen LogP contribution in [0.2, 0.25) is 0 Å². The molecule has 0 atom stereocenters. The number of anilines is 4. The van der Waals surface area contributed by atoms with E-state index in [1.165, 1.54) is 0 Å². The molecule has 10 heteroatoms. The van der Waals surface area contributed by atoms with Gasteiger partial charge in [-0.3, -0.25) is 19.4 Å². The third-order valence-corrected chi connectivity index (χ3v) is 10.1. The minimum absolute atomic E-state index is 0.168. The van der Waals surface area contributed by atoms with E-state index in [0.717, 1.165) is 49.0 Å². The van der Waals surface area contributed by atoms with Gasteiger partial charge in [0.25, 0.3) is 11.8 Å². The predicted octanol–water partition coefficient (Wildman–Crippen LogP) is 7.80. The standard InChI is InChI=1S/C42H42N6O4/c1-5-16-42(17-6-2)24-47(25-42)39-33(20-26(3)22-45-39)40(50)46-30-12-10-28(11-13-30)41(51)48-19-15-29-21-35(37(49)32-9-7-8-27(4)36(32)43)52-38(29)31-14-18-44-23-34(31)48/h5,7-14,18,20-23H,1,6,15-17,19,24-25,43H2,2-4H3,(H,46,50). The van der Waals surface area contributed by atoms with Crippen molar-refractivity contribution in [1.29, 1.82) is 0 Å². The van der Waals surface area contributed by atoms with Crippen LogP contribution in [-0.4, -0.2) is 47.2 Å². The summed E-state index contributed by atoms with van der Waals surface area (Å²) in [6.45, 7) is 11.9. The van der Waals surface area contributed by atoms with Gasteiger partial charge in [0.1, 0.15) is 11.6 Å². The summed E-state index contributed by atoms with van der Waals surface area (Å²) in [6.07, 6.45) is 10.6. The summed E-state index contributed by atoms with van der Waals surface area (Å²) in [6, 6.07) is 17.6. The van der Waals surface area contributed by atoms with Gasteiger partial charge < -0.3 is 25.3 Å². The average molecular weight is 695 g/mol. The van der Waals surface area contributed by atoms with Crippen LogP contribution in [0.1, 0.15) is 79.7 Å². The van der Waals surface area contributed by atoms with Crippen LogP contribution in [0.15, 0.2) is 96.3 Å². The first kappa shape index (κ1) is 34.4. The van der Waals surface area contributed by atoms with E-state index < -0.39 is 0 Å². The predicted molar refractivity (Wildman–Crippen MR) is 204 cm³/mol. The normalized spacial score (nSPS) is 14.4. The molecule has 2 amide bonds. The van der Waals surface area contributed by atoms with Gasteiger partial charge in [-0.15, -0.1) is 6.58 Å². The van der Waals surface area contributed by atoms with Crippen LogP contribution in [0.25, 0.3) is 11.3 Å². The molecule has 0 spiro atoms. The van der Waals surface area contributed by atoms with Crippen LogP contribution < -0.4 is 20.9 Å². The van der Waals surface area contributed by atoms with Crippen molar-refractivity contribution in [2.75, 3.05) is 40.5 Å². The van der Waals surface area contributed by atoms with E-state index in [1.54, 1.807) is 72.0 Å². The number of nitrogen functional groups attached to an aromatic ring is 1. The molecular formula is C42H42N6O4. The SMILES string of the molecule is C=CCC1(CCC)CN(c2ncc(C)cc2C(=O)Nc2ccc(C(=O)N3CCc4cc(C(=O)c5cccc(C)c5N)oc4-c4ccncc43)cc2)C1. The minimum atomic E-state index is -0.294. The van der Waals surface area contributed by atoms with Gasteiger partial charge in [-0.05, 0) is 92.8 Å². The maximum absolute atomic E-state index is 14.0. The van der Waals surface area contributed by atoms with E-state index in [1.807, 2.05) is 32.1 Å². The van der Waals surface area contributed by atoms with Crippen molar-refractivity contribution < 1.29 is 18.8 Å². The third kappa shape index (κ3) is 6.36. The molecule has 2 aliphatic heterocycles. The van der Waals surface area contributed by atoms with Crippen molar-refractivity contribution in [3.63, 3.8) is 0 Å². The number of pyridine rings is 2. The lowest BCUT2D eigenvalue weighted by atomic mass is 9.73. The van der Waals surface area contributed by atoms with Crippen LogP contribution in [0, 0.1) is 19.3 Å². The lowest BCUT2D eigenvalue weighted by molar-refractivity contribution is 0.0984. The fourth-order valence-electron chi connectivity index (χ4n) is 7.49. The maximum atomic E-state index is 14.0. The van der Waals surface area contributed by atoms with Crippen LogP contribution in [-0.2, 0) is 6.42 Å². The van der Waals surface area contributed by atoms with Gasteiger partial charge >= 0.3 is 0 Å². The number of rotatable bonds is 10. The Morgan fingerprint density at radius 1 is 1.04 bits per heavy atom. The number of hydrogen-bond donors (Lipinski definition) is 2. The third-order valence-electron chi connectivity index (χ3n) is 10.1. The van der Waals surface area contributed by atoms with Crippen molar-refractivity contribution in [2.45, 2.75) is 46.5 Å². The first-order chi connectivity index (χ1) is 25.1. The van der Waals surface area contributed by atoms with Gasteiger partial charge in [0.15, 0.2) is 5.76 Å². The largest absolute Gasteiger partial charge is 0.452 e. The first-order valence-corrected chi connectivity index (χ1v) is 17.6. The van der Waals surface area contributed by atoms with Crippen molar-refractivity contribution in [3.8, 4) is 11.3 Å². The molecule has 2 aliphatic rings.